The Kier molecular flexibility index (Phi) is 6.68. The molecule has 2 aliphatic heterocycles. The van der Waals surface area contributed by atoms with E-state index in [0.29, 0.717) is 22.3 Å². The maximum atomic E-state index is 12.6. The van der Waals surface area contributed by atoms with Gasteiger partial charge < -0.3 is 10.0 Å². The number of benzene rings is 1. The lowest BCUT2D eigenvalue weighted by Crippen LogP contribution is -2.28. The van der Waals surface area contributed by atoms with Gasteiger partial charge >= 0.3 is 0 Å². The minimum Gasteiger partial charge on any atom is -0.395 e. The van der Waals surface area contributed by atoms with Gasteiger partial charge in [-0.25, -0.2) is 0 Å². The Labute approximate surface area is 174 Å². The second-order valence-corrected chi connectivity index (χ2v) is 9.33. The van der Waals surface area contributed by atoms with E-state index in [2.05, 4.69) is 37.8 Å². The highest BCUT2D eigenvalue weighted by Gasteiger charge is 2.31. The van der Waals surface area contributed by atoms with E-state index >= 15 is 0 Å². The van der Waals surface area contributed by atoms with Crippen LogP contribution in [0.4, 0.5) is 5.69 Å². The van der Waals surface area contributed by atoms with Crippen molar-refractivity contribution in [1.29, 1.82) is 0 Å². The van der Waals surface area contributed by atoms with Gasteiger partial charge in [0.1, 0.15) is 4.32 Å². The Hall–Kier alpha value is -1.28. The van der Waals surface area contributed by atoms with Gasteiger partial charge in [0.05, 0.1) is 22.2 Å². The molecule has 0 radical (unpaired) electrons. The summed E-state index contributed by atoms with van der Waals surface area (Å²) in [6, 6.07) is 4.35. The number of hydrogen-bond donors (Lipinski definition) is 1. The van der Waals surface area contributed by atoms with Gasteiger partial charge in [-0.05, 0) is 55.7 Å². The van der Waals surface area contributed by atoms with E-state index in [4.69, 9.17) is 12.2 Å². The first-order chi connectivity index (χ1) is 13.0. The molecule has 27 heavy (non-hydrogen) atoms. The number of thiocarbonyl (C=S) groups is 1. The summed E-state index contributed by atoms with van der Waals surface area (Å²) in [6.45, 7) is 7.59. The molecule has 0 spiro atoms. The third kappa shape index (κ3) is 4.26. The maximum absolute atomic E-state index is 12.6. The number of β-amino-alcohol motifs (C(OH)–C–C–N with tert-alkyl or cyclic N) is 1. The normalized spacial score (nSPS) is 19.7. The lowest BCUT2D eigenvalue weighted by molar-refractivity contribution is -0.122. The van der Waals surface area contributed by atoms with Crippen molar-refractivity contribution in [3.05, 3.63) is 45.3 Å². The lowest BCUT2D eigenvalue weighted by atomic mass is 10.1. The Morgan fingerprint density at radius 3 is 2.56 bits per heavy atom. The summed E-state index contributed by atoms with van der Waals surface area (Å²) in [6.07, 6.45) is 5.82. The number of amides is 1. The summed E-state index contributed by atoms with van der Waals surface area (Å²) in [4.78, 5) is 18.3. The van der Waals surface area contributed by atoms with Crippen molar-refractivity contribution in [2.24, 2.45) is 0 Å². The number of rotatable bonds is 6. The first-order valence-electron chi connectivity index (χ1n) is 9.09. The Bertz CT molecular complexity index is 833. The average Bonchev–Trinajstić information content (AvgIpc) is 3.09. The quantitative estimate of drug-likeness (QED) is 0.536. The highest BCUT2D eigenvalue weighted by atomic mass is 32.2. The molecule has 2 aliphatic rings. The number of aliphatic hydroxyl groups excluding tert-OH is 1. The lowest BCUT2D eigenvalue weighted by Gasteiger charge is -2.19. The summed E-state index contributed by atoms with van der Waals surface area (Å²) in [5.74, 6) is -0.00351. The van der Waals surface area contributed by atoms with E-state index in [1.807, 2.05) is 12.2 Å². The van der Waals surface area contributed by atoms with Crippen molar-refractivity contribution in [1.82, 2.24) is 4.90 Å². The number of thioether (sulfide) groups is 2. The van der Waals surface area contributed by atoms with Crippen LogP contribution in [0.25, 0.3) is 0 Å². The molecule has 0 bridgehead atoms. The van der Waals surface area contributed by atoms with Crippen LogP contribution in [0.15, 0.2) is 39.1 Å². The van der Waals surface area contributed by atoms with Crippen molar-refractivity contribution in [2.75, 3.05) is 24.6 Å². The number of carbonyl (C=O) groups is 1. The molecule has 0 aliphatic carbocycles. The Balaban J connectivity index is 1.85. The van der Waals surface area contributed by atoms with E-state index in [9.17, 15) is 9.90 Å². The van der Waals surface area contributed by atoms with Gasteiger partial charge in [0.25, 0.3) is 5.91 Å². The molecular weight excluding hydrogens is 396 g/mol. The molecule has 1 saturated heterocycles. The van der Waals surface area contributed by atoms with Gasteiger partial charge in [-0.15, -0.1) is 0 Å². The van der Waals surface area contributed by atoms with E-state index < -0.39 is 0 Å². The maximum Gasteiger partial charge on any atom is 0.266 e. The fourth-order valence-electron chi connectivity index (χ4n) is 2.98. The smallest absolute Gasteiger partial charge is 0.266 e. The molecule has 4 nitrogen and oxygen atoms in total. The molecule has 1 N–H and O–H groups in total. The van der Waals surface area contributed by atoms with Gasteiger partial charge in [-0.3, -0.25) is 9.69 Å². The van der Waals surface area contributed by atoms with E-state index in [1.165, 1.54) is 27.8 Å². The predicted molar refractivity (Wildman–Crippen MR) is 119 cm³/mol. The minimum absolute atomic E-state index is 0.00351. The zero-order chi connectivity index (χ0) is 19.6. The topological polar surface area (TPSA) is 43.8 Å². The number of allylic oxidation sites excluding steroid dienone is 2. The summed E-state index contributed by atoms with van der Waals surface area (Å²) >= 11 is 8.40. The third-order valence-electron chi connectivity index (χ3n) is 4.66. The van der Waals surface area contributed by atoms with Crippen LogP contribution in [0, 0.1) is 13.8 Å². The average molecular weight is 421 g/mol. The number of carbonyl (C=O) groups excluding carboxylic acids is 1. The van der Waals surface area contributed by atoms with Crippen LogP contribution in [0.1, 0.15) is 30.9 Å². The first-order valence-corrected chi connectivity index (χ1v) is 11.1. The van der Waals surface area contributed by atoms with Crippen molar-refractivity contribution in [3.63, 3.8) is 0 Å². The summed E-state index contributed by atoms with van der Waals surface area (Å²) in [5.41, 5.74) is 3.60. The van der Waals surface area contributed by atoms with E-state index in [0.717, 1.165) is 23.6 Å². The highest BCUT2D eigenvalue weighted by molar-refractivity contribution is 8.26. The minimum atomic E-state index is -0.00351. The number of aliphatic hydroxyl groups is 1. The summed E-state index contributed by atoms with van der Waals surface area (Å²) in [5, 5.41) is 10.5. The van der Waals surface area contributed by atoms with Gasteiger partial charge in [-0.1, -0.05) is 49.1 Å². The summed E-state index contributed by atoms with van der Waals surface area (Å²) in [7, 11) is 0. The second-order valence-electron chi connectivity index (χ2n) is 6.60. The molecular formula is C20H24N2O2S3. The number of fused-ring (bicyclic) bond motifs is 1. The van der Waals surface area contributed by atoms with Crippen molar-refractivity contribution >= 4 is 51.7 Å². The molecule has 2 heterocycles. The molecule has 1 fully saturated rings. The van der Waals surface area contributed by atoms with Gasteiger partial charge in [0.15, 0.2) is 0 Å². The van der Waals surface area contributed by atoms with Crippen LogP contribution in [-0.2, 0) is 4.79 Å². The predicted octanol–water partition coefficient (Wildman–Crippen LogP) is 4.59. The van der Waals surface area contributed by atoms with Crippen LogP contribution >= 0.6 is 35.7 Å². The number of unbranched alkanes of at least 4 members (excludes halogenated alkanes) is 1. The number of nitrogens with zero attached hydrogens (tertiary/aromatic N) is 2. The van der Waals surface area contributed by atoms with E-state index in [-0.39, 0.29) is 12.5 Å². The van der Waals surface area contributed by atoms with Crippen molar-refractivity contribution in [3.8, 4) is 0 Å². The number of aryl methyl sites for hydroxylation is 2. The standard InChI is InChI=1S/C20H24N2O2S3/c1-4-5-8-22-19(24)16(27-20(22)25)6-7-18-21(9-10-23)15-11-13(2)14(3)12-17(15)26-18/h6-7,11-12,23H,4-5,8-10H2,1-3H3/b16-6+,18-7-. The Morgan fingerprint density at radius 2 is 1.85 bits per heavy atom. The largest absolute Gasteiger partial charge is 0.395 e. The SMILES string of the molecule is CCCCN1C(=O)/C(=C\C=C2/Sc3cc(C)c(C)cc3N2CCO)SC1=S. The molecule has 0 unspecified atom stereocenters. The zero-order valence-corrected chi connectivity index (χ0v) is 18.3. The van der Waals surface area contributed by atoms with Crippen LogP contribution in [-0.4, -0.2) is 39.9 Å². The third-order valence-corrected chi connectivity index (χ3v) is 7.16. The molecule has 0 saturated carbocycles. The molecule has 1 amide bonds. The molecule has 7 heteroatoms. The second kappa shape index (κ2) is 8.82. The molecule has 144 valence electrons. The fraction of sp³-hybridized carbons (Fsp3) is 0.400. The highest BCUT2D eigenvalue weighted by Crippen LogP contribution is 2.47. The Morgan fingerprint density at radius 1 is 1.11 bits per heavy atom. The van der Waals surface area contributed by atoms with Gasteiger partial charge in [-0.2, -0.15) is 0 Å². The zero-order valence-electron chi connectivity index (χ0n) is 15.8. The molecule has 0 aromatic heterocycles. The molecule has 1 aromatic carbocycles. The molecule has 0 atom stereocenters. The van der Waals surface area contributed by atoms with E-state index in [1.54, 1.807) is 16.7 Å². The fourth-order valence-corrected chi connectivity index (χ4v) is 5.40. The number of anilines is 1. The van der Waals surface area contributed by atoms with Crippen LogP contribution in [0.5, 0.6) is 0 Å². The van der Waals surface area contributed by atoms with Crippen LogP contribution in [0.3, 0.4) is 0 Å². The molecule has 1 aromatic rings. The monoisotopic (exact) mass is 420 g/mol. The van der Waals surface area contributed by atoms with Crippen molar-refractivity contribution in [2.45, 2.75) is 38.5 Å². The first kappa shape index (κ1) is 20.5. The van der Waals surface area contributed by atoms with Crippen LogP contribution < -0.4 is 4.90 Å². The van der Waals surface area contributed by atoms with Gasteiger partial charge in [0.2, 0.25) is 0 Å². The van der Waals surface area contributed by atoms with Crippen LogP contribution in [0.2, 0.25) is 0 Å². The summed E-state index contributed by atoms with van der Waals surface area (Å²) < 4.78 is 0.638. The van der Waals surface area contributed by atoms with Gasteiger partial charge in [0, 0.05) is 18.0 Å². The van der Waals surface area contributed by atoms with Crippen molar-refractivity contribution < 1.29 is 9.90 Å². The molecule has 3 rings (SSSR count). The number of hydrogen-bond acceptors (Lipinski definition) is 6.